The number of H-pyrrole nitrogens is 1. The van der Waals surface area contributed by atoms with E-state index in [1.54, 1.807) is 19.2 Å². The lowest BCUT2D eigenvalue weighted by atomic mass is 9.90. The molecule has 1 aromatic heterocycles. The van der Waals surface area contributed by atoms with Gasteiger partial charge in [-0.1, -0.05) is 30.3 Å². The van der Waals surface area contributed by atoms with Crippen molar-refractivity contribution in [1.82, 2.24) is 15.1 Å². The second-order valence-corrected chi connectivity index (χ2v) is 7.09. The molecule has 1 saturated heterocycles. The third-order valence-corrected chi connectivity index (χ3v) is 5.30. The highest BCUT2D eigenvalue weighted by Gasteiger charge is 2.25. The van der Waals surface area contributed by atoms with Crippen molar-refractivity contribution in [2.24, 2.45) is 0 Å². The number of ether oxygens (including phenoxy) is 1. The average Bonchev–Trinajstić information content (AvgIpc) is 3.19. The first-order chi connectivity index (χ1) is 13.2. The van der Waals surface area contributed by atoms with Crippen molar-refractivity contribution in [2.45, 2.75) is 25.3 Å². The van der Waals surface area contributed by atoms with Gasteiger partial charge < -0.3 is 4.74 Å². The summed E-state index contributed by atoms with van der Waals surface area (Å²) in [5.74, 6) is 1.07. The van der Waals surface area contributed by atoms with Gasteiger partial charge in [0.15, 0.2) is 0 Å². The third kappa shape index (κ3) is 3.88. The Morgan fingerprint density at radius 2 is 2.11 bits per heavy atom. The van der Waals surface area contributed by atoms with Crippen LogP contribution in [0.15, 0.2) is 54.7 Å². The molecule has 2 heterocycles. The largest absolute Gasteiger partial charge is 0.496 e. The Balaban J connectivity index is 1.53. The van der Waals surface area contributed by atoms with Crippen molar-refractivity contribution in [1.29, 1.82) is 0 Å². The highest BCUT2D eigenvalue weighted by Crippen LogP contribution is 2.34. The molecule has 1 atom stereocenters. The van der Waals surface area contributed by atoms with Gasteiger partial charge in [-0.15, -0.1) is 0 Å². The molecule has 0 aliphatic carbocycles. The first kappa shape index (κ1) is 17.7. The number of likely N-dealkylation sites (tertiary alicyclic amines) is 1. The molecule has 5 heteroatoms. The van der Waals surface area contributed by atoms with E-state index < -0.39 is 0 Å². The number of benzene rings is 2. The van der Waals surface area contributed by atoms with Gasteiger partial charge in [-0.05, 0) is 43.1 Å². The van der Waals surface area contributed by atoms with Crippen LogP contribution in [0.3, 0.4) is 0 Å². The van der Waals surface area contributed by atoms with Crippen molar-refractivity contribution >= 4 is 0 Å². The van der Waals surface area contributed by atoms with Crippen molar-refractivity contribution in [3.63, 3.8) is 0 Å². The van der Waals surface area contributed by atoms with Crippen LogP contribution >= 0.6 is 0 Å². The molecular formula is C22H24FN3O. The number of nitrogens with one attached hydrogen (secondary N) is 1. The number of aromatic nitrogens is 2. The lowest BCUT2D eigenvalue weighted by molar-refractivity contribution is 0.196. The minimum Gasteiger partial charge on any atom is -0.496 e. The Morgan fingerprint density at radius 1 is 1.22 bits per heavy atom. The van der Waals surface area contributed by atoms with Crippen LogP contribution in [0, 0.1) is 5.82 Å². The molecule has 27 heavy (non-hydrogen) atoms. The number of methoxy groups -OCH3 is 1. The summed E-state index contributed by atoms with van der Waals surface area (Å²) in [5.41, 5.74) is 4.18. The molecule has 1 aliphatic rings. The number of aromatic amines is 1. The molecule has 0 unspecified atom stereocenters. The minimum absolute atomic E-state index is 0.221. The molecule has 1 aliphatic heterocycles. The van der Waals surface area contributed by atoms with Gasteiger partial charge in [0.1, 0.15) is 11.6 Å². The van der Waals surface area contributed by atoms with Gasteiger partial charge >= 0.3 is 0 Å². The second-order valence-electron chi connectivity index (χ2n) is 7.09. The lowest BCUT2D eigenvalue weighted by Crippen LogP contribution is -2.34. The predicted molar refractivity (Wildman–Crippen MR) is 104 cm³/mol. The maximum atomic E-state index is 13.7. The van der Waals surface area contributed by atoms with Gasteiger partial charge in [0.2, 0.25) is 0 Å². The zero-order chi connectivity index (χ0) is 18.6. The Morgan fingerprint density at radius 3 is 2.96 bits per heavy atom. The van der Waals surface area contributed by atoms with E-state index in [-0.39, 0.29) is 5.82 Å². The SMILES string of the molecule is COc1ccccc1CN1CCC[C@H](c2[nH]ncc2-c2cccc(F)c2)C1. The molecule has 140 valence electrons. The highest BCUT2D eigenvalue weighted by molar-refractivity contribution is 5.65. The quantitative estimate of drug-likeness (QED) is 0.718. The van der Waals surface area contributed by atoms with Gasteiger partial charge in [0.25, 0.3) is 0 Å². The molecule has 0 bridgehead atoms. The number of hydrogen-bond donors (Lipinski definition) is 1. The highest BCUT2D eigenvalue weighted by atomic mass is 19.1. The lowest BCUT2D eigenvalue weighted by Gasteiger charge is -2.33. The van der Waals surface area contributed by atoms with Crippen LogP contribution in [-0.4, -0.2) is 35.3 Å². The Bertz CT molecular complexity index is 908. The first-order valence-electron chi connectivity index (χ1n) is 9.38. The molecule has 0 saturated carbocycles. The molecule has 1 N–H and O–H groups in total. The van der Waals surface area contributed by atoms with Gasteiger partial charge in [0, 0.05) is 35.8 Å². The fourth-order valence-corrected chi connectivity index (χ4v) is 4.00. The predicted octanol–water partition coefficient (Wildman–Crippen LogP) is 4.60. The summed E-state index contributed by atoms with van der Waals surface area (Å²) in [6.07, 6.45) is 4.04. The zero-order valence-corrected chi connectivity index (χ0v) is 15.5. The van der Waals surface area contributed by atoms with E-state index in [4.69, 9.17) is 4.74 Å². The standard InChI is InChI=1S/C22H24FN3O/c1-27-21-10-3-2-6-17(21)14-26-11-5-8-18(15-26)22-20(13-24-25-22)16-7-4-9-19(23)12-16/h2-4,6-7,9-10,12-13,18H,5,8,11,14-15H2,1H3,(H,24,25)/t18-/m0/s1. The van der Waals surface area contributed by atoms with Gasteiger partial charge in [-0.25, -0.2) is 4.39 Å². The molecule has 1 fully saturated rings. The normalized spacial score (nSPS) is 17.8. The molecule has 3 aromatic rings. The fourth-order valence-electron chi connectivity index (χ4n) is 4.00. The van der Waals surface area contributed by atoms with E-state index in [1.165, 1.54) is 11.6 Å². The minimum atomic E-state index is -0.221. The van der Waals surface area contributed by atoms with Gasteiger partial charge in [-0.3, -0.25) is 10.00 Å². The number of hydrogen-bond acceptors (Lipinski definition) is 3. The van der Waals surface area contributed by atoms with Crippen LogP contribution < -0.4 is 4.74 Å². The van der Waals surface area contributed by atoms with E-state index in [0.717, 1.165) is 55.0 Å². The molecule has 4 rings (SSSR count). The molecular weight excluding hydrogens is 341 g/mol. The van der Waals surface area contributed by atoms with Crippen LogP contribution in [0.2, 0.25) is 0 Å². The van der Waals surface area contributed by atoms with Crippen LogP contribution in [0.5, 0.6) is 5.75 Å². The third-order valence-electron chi connectivity index (χ3n) is 5.30. The van der Waals surface area contributed by atoms with E-state index >= 15 is 0 Å². The number of halogens is 1. The van der Waals surface area contributed by atoms with Crippen molar-refractivity contribution < 1.29 is 9.13 Å². The van der Waals surface area contributed by atoms with Crippen LogP contribution in [-0.2, 0) is 6.54 Å². The second kappa shape index (κ2) is 7.92. The monoisotopic (exact) mass is 365 g/mol. The smallest absolute Gasteiger partial charge is 0.123 e. The average molecular weight is 365 g/mol. The van der Waals surface area contributed by atoms with E-state index in [2.05, 4.69) is 27.2 Å². The number of rotatable bonds is 5. The number of piperidine rings is 1. The molecule has 0 radical (unpaired) electrons. The summed E-state index contributed by atoms with van der Waals surface area (Å²) in [5, 5.41) is 7.43. The Labute approximate surface area is 159 Å². The Kier molecular flexibility index (Phi) is 5.21. The summed E-state index contributed by atoms with van der Waals surface area (Å²) in [4.78, 5) is 2.46. The molecule has 0 spiro atoms. The van der Waals surface area contributed by atoms with E-state index in [9.17, 15) is 4.39 Å². The van der Waals surface area contributed by atoms with Gasteiger partial charge in [0.05, 0.1) is 13.3 Å². The van der Waals surface area contributed by atoms with Gasteiger partial charge in [-0.2, -0.15) is 5.10 Å². The Hall–Kier alpha value is -2.66. The topological polar surface area (TPSA) is 41.1 Å². The zero-order valence-electron chi connectivity index (χ0n) is 15.5. The maximum Gasteiger partial charge on any atom is 0.123 e. The van der Waals surface area contributed by atoms with E-state index in [1.807, 2.05) is 24.4 Å². The fraction of sp³-hybridized carbons (Fsp3) is 0.318. The van der Waals surface area contributed by atoms with Crippen LogP contribution in [0.25, 0.3) is 11.1 Å². The van der Waals surface area contributed by atoms with E-state index in [0.29, 0.717) is 5.92 Å². The maximum absolute atomic E-state index is 13.7. The summed E-state index contributed by atoms with van der Waals surface area (Å²) >= 11 is 0. The van der Waals surface area contributed by atoms with Crippen LogP contribution in [0.1, 0.15) is 30.0 Å². The van der Waals surface area contributed by atoms with Crippen molar-refractivity contribution in [2.75, 3.05) is 20.2 Å². The van der Waals surface area contributed by atoms with Crippen LogP contribution in [0.4, 0.5) is 4.39 Å². The summed E-state index contributed by atoms with van der Waals surface area (Å²) in [6, 6.07) is 14.9. The molecule has 2 aromatic carbocycles. The van der Waals surface area contributed by atoms with Crippen molar-refractivity contribution in [3.8, 4) is 16.9 Å². The molecule has 4 nitrogen and oxygen atoms in total. The number of nitrogens with zero attached hydrogens (tertiary/aromatic N) is 2. The molecule has 0 amide bonds. The summed E-state index contributed by atoms with van der Waals surface area (Å²) < 4.78 is 19.2. The van der Waals surface area contributed by atoms with Crippen molar-refractivity contribution in [3.05, 3.63) is 71.8 Å². The summed E-state index contributed by atoms with van der Waals surface area (Å²) in [6.45, 7) is 2.88. The summed E-state index contributed by atoms with van der Waals surface area (Å²) in [7, 11) is 1.72. The first-order valence-corrected chi connectivity index (χ1v) is 9.38. The number of para-hydroxylation sites is 1.